The Balaban J connectivity index is 1.75. The Morgan fingerprint density at radius 2 is 1.77 bits per heavy atom. The van der Waals surface area contributed by atoms with Crippen LogP contribution in [-0.2, 0) is 9.53 Å². The van der Waals surface area contributed by atoms with Gasteiger partial charge < -0.3 is 14.7 Å². The predicted molar refractivity (Wildman–Crippen MR) is 124 cm³/mol. The number of benzene rings is 2. The largest absolute Gasteiger partial charge is 0.478 e. The second-order valence-corrected chi connectivity index (χ2v) is 9.31. The molecule has 0 aliphatic carbocycles. The minimum absolute atomic E-state index is 0.00245. The lowest BCUT2D eigenvalue weighted by atomic mass is 10.1. The molecule has 166 valence electrons. The predicted octanol–water partition coefficient (Wildman–Crippen LogP) is 4.46. The summed E-state index contributed by atoms with van der Waals surface area (Å²) in [4.78, 5) is 27.3. The van der Waals surface area contributed by atoms with E-state index < -0.39 is 5.97 Å². The number of hydrogen-bond acceptors (Lipinski definition) is 5. The van der Waals surface area contributed by atoms with E-state index in [1.54, 1.807) is 29.0 Å². The van der Waals surface area contributed by atoms with Crippen LogP contribution in [-0.4, -0.2) is 54.1 Å². The number of ether oxygens (including phenoxy) is 1. The Morgan fingerprint density at radius 1 is 1.13 bits per heavy atom. The highest BCUT2D eigenvalue weighted by Gasteiger charge is 2.25. The average Bonchev–Trinajstić information content (AvgIpc) is 3.22. The minimum atomic E-state index is -0.983. The first-order valence-corrected chi connectivity index (χ1v) is 11.2. The average molecular weight is 443 g/mol. The molecule has 3 rings (SSSR count). The Bertz CT molecular complexity index is 916. The molecule has 7 heteroatoms. The summed E-state index contributed by atoms with van der Waals surface area (Å²) in [5, 5.41) is 9.16. The monoisotopic (exact) mass is 442 g/mol. The summed E-state index contributed by atoms with van der Waals surface area (Å²) in [5.41, 5.74) is 4.51. The zero-order valence-electron chi connectivity index (χ0n) is 18.6. The molecule has 1 saturated heterocycles. The fourth-order valence-electron chi connectivity index (χ4n) is 3.90. The molecule has 1 heterocycles. The van der Waals surface area contributed by atoms with Gasteiger partial charge in [-0.05, 0) is 88.0 Å². The zero-order chi connectivity index (χ0) is 22.5. The maximum Gasteiger partial charge on any atom is 0.335 e. The molecule has 1 unspecified atom stereocenters. The molecular formula is C24H30N2O4S. The first-order valence-electron chi connectivity index (χ1n) is 10.5. The minimum Gasteiger partial charge on any atom is -0.478 e. The zero-order valence-corrected chi connectivity index (χ0v) is 19.4. The van der Waals surface area contributed by atoms with Gasteiger partial charge in [0.15, 0.2) is 0 Å². The lowest BCUT2D eigenvalue weighted by Crippen LogP contribution is -2.41. The van der Waals surface area contributed by atoms with Crippen molar-refractivity contribution in [3.05, 3.63) is 58.7 Å². The molecule has 1 atom stereocenters. The lowest BCUT2D eigenvalue weighted by Gasteiger charge is -2.28. The van der Waals surface area contributed by atoms with E-state index in [9.17, 15) is 9.59 Å². The normalized spacial score (nSPS) is 16.0. The molecule has 0 aromatic heterocycles. The smallest absolute Gasteiger partial charge is 0.335 e. The van der Waals surface area contributed by atoms with Crippen molar-refractivity contribution in [1.82, 2.24) is 4.31 Å². The number of amides is 1. The maximum absolute atomic E-state index is 13.3. The Kier molecular flexibility index (Phi) is 7.75. The molecule has 6 nitrogen and oxygen atoms in total. The van der Waals surface area contributed by atoms with E-state index >= 15 is 0 Å². The van der Waals surface area contributed by atoms with Gasteiger partial charge in [-0.3, -0.25) is 4.79 Å². The van der Waals surface area contributed by atoms with Gasteiger partial charge in [-0.1, -0.05) is 17.7 Å². The van der Waals surface area contributed by atoms with Gasteiger partial charge in [-0.15, -0.1) is 0 Å². The Hall–Kier alpha value is -2.35. The number of carbonyl (C=O) groups excluding carboxylic acids is 1. The van der Waals surface area contributed by atoms with Gasteiger partial charge in [0.25, 0.3) is 0 Å². The van der Waals surface area contributed by atoms with E-state index in [4.69, 9.17) is 9.84 Å². The highest BCUT2D eigenvalue weighted by Crippen LogP contribution is 2.30. The number of hydrogen-bond donors (Lipinski definition) is 1. The molecule has 1 N–H and O–H groups in total. The summed E-state index contributed by atoms with van der Waals surface area (Å²) < 4.78 is 7.70. The first-order chi connectivity index (χ1) is 14.7. The summed E-state index contributed by atoms with van der Waals surface area (Å²) in [6.07, 6.45) is 1.91. The van der Waals surface area contributed by atoms with Crippen LogP contribution in [0.5, 0.6) is 0 Å². The molecule has 1 aliphatic heterocycles. The van der Waals surface area contributed by atoms with E-state index in [2.05, 4.69) is 32.9 Å². The van der Waals surface area contributed by atoms with E-state index in [-0.39, 0.29) is 24.1 Å². The number of anilines is 1. The molecule has 2 aromatic carbocycles. The van der Waals surface area contributed by atoms with Crippen molar-refractivity contribution in [2.75, 3.05) is 31.6 Å². The van der Waals surface area contributed by atoms with E-state index in [1.165, 1.54) is 28.8 Å². The van der Waals surface area contributed by atoms with Crippen LogP contribution in [0.1, 0.15) is 39.9 Å². The van der Waals surface area contributed by atoms with Crippen molar-refractivity contribution in [2.24, 2.45) is 0 Å². The fraction of sp³-hybridized carbons (Fsp3) is 0.417. The first kappa shape index (κ1) is 23.3. The molecule has 1 amide bonds. The van der Waals surface area contributed by atoms with Crippen molar-refractivity contribution in [2.45, 2.75) is 44.6 Å². The van der Waals surface area contributed by atoms with Crippen LogP contribution in [0.15, 0.2) is 41.3 Å². The second kappa shape index (κ2) is 10.3. The second-order valence-electron chi connectivity index (χ2n) is 8.10. The van der Waals surface area contributed by atoms with Gasteiger partial charge in [0.2, 0.25) is 5.91 Å². The van der Waals surface area contributed by atoms with Crippen molar-refractivity contribution < 1.29 is 19.4 Å². The Labute approximate surface area is 188 Å². The molecule has 2 aromatic rings. The van der Waals surface area contributed by atoms with Crippen LogP contribution >= 0.6 is 11.9 Å². The molecule has 1 fully saturated rings. The van der Waals surface area contributed by atoms with Gasteiger partial charge in [0, 0.05) is 17.2 Å². The molecule has 0 saturated carbocycles. The number of likely N-dealkylation sites (N-methyl/N-ethyl adjacent to an activating group) is 1. The molecule has 0 spiro atoms. The van der Waals surface area contributed by atoms with Crippen molar-refractivity contribution in [3.63, 3.8) is 0 Å². The van der Waals surface area contributed by atoms with Crippen molar-refractivity contribution in [1.29, 1.82) is 0 Å². The van der Waals surface area contributed by atoms with E-state index in [1.807, 2.05) is 11.4 Å². The summed E-state index contributed by atoms with van der Waals surface area (Å²) in [6.45, 7) is 7.67. The number of nitrogens with zero attached hydrogens (tertiary/aromatic N) is 2. The van der Waals surface area contributed by atoms with Crippen LogP contribution in [0, 0.1) is 20.8 Å². The summed E-state index contributed by atoms with van der Waals surface area (Å²) in [6, 6.07) is 10.8. The van der Waals surface area contributed by atoms with Gasteiger partial charge >= 0.3 is 5.97 Å². The number of carbonyl (C=O) groups is 2. The van der Waals surface area contributed by atoms with Gasteiger partial charge in [-0.2, -0.15) is 0 Å². The third kappa shape index (κ3) is 6.09. The number of aromatic carboxylic acids is 1. The molecule has 0 bridgehead atoms. The van der Waals surface area contributed by atoms with Crippen LogP contribution in [0.2, 0.25) is 0 Å². The van der Waals surface area contributed by atoms with Gasteiger partial charge in [0.05, 0.1) is 24.8 Å². The van der Waals surface area contributed by atoms with Crippen molar-refractivity contribution >= 4 is 29.5 Å². The third-order valence-corrected chi connectivity index (χ3v) is 6.61. The van der Waals surface area contributed by atoms with Gasteiger partial charge in [0.1, 0.15) is 0 Å². The number of carboxylic acids is 1. The standard InChI is InChI=1S/C24H30N2O4S/c1-16-12-17(2)23(18(3)13-16)31-25(4)15-22(27)26(14-21-6-5-11-30-21)20-9-7-19(8-10-20)24(28)29/h7-10,12-13,21H,5-6,11,14-15H2,1-4H3,(H,28,29). The number of aryl methyl sites for hydroxylation is 3. The summed E-state index contributed by atoms with van der Waals surface area (Å²) in [7, 11) is 1.92. The van der Waals surface area contributed by atoms with Crippen LogP contribution < -0.4 is 4.90 Å². The number of carboxylic acid groups (broad SMARTS) is 1. The lowest BCUT2D eigenvalue weighted by molar-refractivity contribution is -0.118. The van der Waals surface area contributed by atoms with E-state index in [0.717, 1.165) is 17.7 Å². The van der Waals surface area contributed by atoms with Crippen LogP contribution in [0.25, 0.3) is 0 Å². The van der Waals surface area contributed by atoms with Crippen molar-refractivity contribution in [3.8, 4) is 0 Å². The topological polar surface area (TPSA) is 70.1 Å². The molecular weight excluding hydrogens is 412 g/mol. The summed E-state index contributed by atoms with van der Waals surface area (Å²) >= 11 is 1.57. The van der Waals surface area contributed by atoms with Crippen LogP contribution in [0.4, 0.5) is 5.69 Å². The molecule has 31 heavy (non-hydrogen) atoms. The quantitative estimate of drug-likeness (QED) is 0.609. The maximum atomic E-state index is 13.3. The SMILES string of the molecule is Cc1cc(C)c(SN(C)CC(=O)N(CC2CCCO2)c2ccc(C(=O)O)cc2)c(C)c1. The van der Waals surface area contributed by atoms with Crippen LogP contribution in [0.3, 0.4) is 0 Å². The van der Waals surface area contributed by atoms with E-state index in [0.29, 0.717) is 18.8 Å². The highest BCUT2D eigenvalue weighted by molar-refractivity contribution is 7.97. The fourth-order valence-corrected chi connectivity index (χ4v) is 4.79. The summed E-state index contributed by atoms with van der Waals surface area (Å²) in [5.74, 6) is -1.03. The molecule has 0 radical (unpaired) electrons. The number of rotatable bonds is 8. The molecule has 1 aliphatic rings. The highest BCUT2D eigenvalue weighted by atomic mass is 32.2. The Morgan fingerprint density at radius 3 is 2.32 bits per heavy atom. The third-order valence-electron chi connectivity index (χ3n) is 5.35. The van der Waals surface area contributed by atoms with Gasteiger partial charge in [-0.25, -0.2) is 9.10 Å².